The highest BCUT2D eigenvalue weighted by Gasteiger charge is 2.26. The highest BCUT2D eigenvalue weighted by Crippen LogP contribution is 2.35. The summed E-state index contributed by atoms with van der Waals surface area (Å²) < 4.78 is 5.80. The molecular weight excluding hydrogens is 438 g/mol. The number of benzene rings is 2. The van der Waals surface area contributed by atoms with Crippen LogP contribution in [0.2, 0.25) is 0 Å². The first kappa shape index (κ1) is 23.3. The topological polar surface area (TPSA) is 75.4 Å². The van der Waals surface area contributed by atoms with Crippen molar-refractivity contribution in [3.8, 4) is 11.3 Å². The van der Waals surface area contributed by atoms with E-state index in [2.05, 4.69) is 61.2 Å². The number of fused-ring (bicyclic) bond motifs is 2. The van der Waals surface area contributed by atoms with E-state index in [1.54, 1.807) is 0 Å². The summed E-state index contributed by atoms with van der Waals surface area (Å²) in [6.45, 7) is 9.41. The van der Waals surface area contributed by atoms with Crippen LogP contribution >= 0.6 is 0 Å². The third kappa shape index (κ3) is 4.85. The fourth-order valence-electron chi connectivity index (χ4n) is 4.85. The van der Waals surface area contributed by atoms with Crippen LogP contribution in [-0.4, -0.2) is 52.1 Å². The molecule has 7 nitrogen and oxygen atoms in total. The fourth-order valence-corrected chi connectivity index (χ4v) is 4.85. The number of hydrogen-bond donors (Lipinski definition) is 0. The van der Waals surface area contributed by atoms with Crippen molar-refractivity contribution in [2.24, 2.45) is 5.92 Å². The van der Waals surface area contributed by atoms with E-state index in [1.165, 1.54) is 5.39 Å². The molecule has 7 heteroatoms. The first-order chi connectivity index (χ1) is 17.0. The molecule has 5 rings (SSSR count). The second kappa shape index (κ2) is 10.0. The highest BCUT2D eigenvalue weighted by atomic mass is 16.5. The van der Waals surface area contributed by atoms with Crippen LogP contribution in [0.25, 0.3) is 33.1 Å². The minimum atomic E-state index is 0.240. The minimum Gasteiger partial charge on any atom is -0.354 e. The van der Waals surface area contributed by atoms with Crippen molar-refractivity contribution in [3.05, 3.63) is 48.3 Å². The Morgan fingerprint density at radius 1 is 1.03 bits per heavy atom. The van der Waals surface area contributed by atoms with Gasteiger partial charge in [0.25, 0.3) is 5.71 Å². The molecule has 1 aliphatic rings. The molecule has 0 unspecified atom stereocenters. The molecule has 2 aromatic heterocycles. The zero-order valence-corrected chi connectivity index (χ0v) is 20.8. The van der Waals surface area contributed by atoms with Crippen LogP contribution in [0.5, 0.6) is 0 Å². The van der Waals surface area contributed by atoms with Crippen LogP contribution in [0.1, 0.15) is 45.9 Å². The summed E-state index contributed by atoms with van der Waals surface area (Å²) in [6, 6.07) is 14.6. The molecular formula is C28H33N5O2. The van der Waals surface area contributed by atoms with Gasteiger partial charge in [-0.25, -0.2) is 4.98 Å². The third-order valence-corrected chi connectivity index (χ3v) is 6.59. The van der Waals surface area contributed by atoms with Gasteiger partial charge in [-0.2, -0.15) is 4.98 Å². The van der Waals surface area contributed by atoms with Crippen molar-refractivity contribution < 1.29 is 9.32 Å². The molecule has 3 heterocycles. The Kier molecular flexibility index (Phi) is 6.66. The Morgan fingerprint density at radius 3 is 2.66 bits per heavy atom. The quantitative estimate of drug-likeness (QED) is 0.371. The second-order valence-electron chi connectivity index (χ2n) is 9.81. The summed E-state index contributed by atoms with van der Waals surface area (Å²) >= 11 is 0. The molecule has 0 saturated carbocycles. The SMILES string of the molecule is CCCC(=O)N1CCCN(c2nc(CC(C)C)nc3onc(-c4ccc5ccccc5c4)c23)CC1. The molecule has 0 N–H and O–H groups in total. The molecule has 0 radical (unpaired) electrons. The number of anilines is 1. The van der Waals surface area contributed by atoms with Crippen molar-refractivity contribution in [1.82, 2.24) is 20.0 Å². The summed E-state index contributed by atoms with van der Waals surface area (Å²) in [5.41, 5.74) is 2.27. The average molecular weight is 472 g/mol. The summed E-state index contributed by atoms with van der Waals surface area (Å²) in [5.74, 6) is 2.30. The van der Waals surface area contributed by atoms with E-state index < -0.39 is 0 Å². The first-order valence-electron chi connectivity index (χ1n) is 12.7. The predicted molar refractivity (Wildman–Crippen MR) is 139 cm³/mol. The van der Waals surface area contributed by atoms with Gasteiger partial charge in [0.15, 0.2) is 0 Å². The van der Waals surface area contributed by atoms with Gasteiger partial charge in [0.05, 0.1) is 0 Å². The van der Waals surface area contributed by atoms with E-state index >= 15 is 0 Å². The lowest BCUT2D eigenvalue weighted by molar-refractivity contribution is -0.131. The van der Waals surface area contributed by atoms with Gasteiger partial charge in [-0.1, -0.05) is 62.3 Å². The monoisotopic (exact) mass is 471 g/mol. The van der Waals surface area contributed by atoms with E-state index in [-0.39, 0.29) is 5.91 Å². The van der Waals surface area contributed by atoms with E-state index in [0.717, 1.165) is 72.6 Å². The smallest absolute Gasteiger partial charge is 0.263 e. The number of hydrogen-bond acceptors (Lipinski definition) is 6. The molecule has 182 valence electrons. The Labute approximate surface area is 206 Å². The van der Waals surface area contributed by atoms with E-state index in [9.17, 15) is 4.79 Å². The van der Waals surface area contributed by atoms with Crippen LogP contribution < -0.4 is 4.90 Å². The molecule has 0 atom stereocenters. The van der Waals surface area contributed by atoms with Crippen molar-refractivity contribution in [3.63, 3.8) is 0 Å². The summed E-state index contributed by atoms with van der Waals surface area (Å²) in [4.78, 5) is 26.6. The molecule has 1 aliphatic heterocycles. The van der Waals surface area contributed by atoms with Gasteiger partial charge in [0.1, 0.15) is 22.7 Å². The van der Waals surface area contributed by atoms with E-state index in [4.69, 9.17) is 14.5 Å². The van der Waals surface area contributed by atoms with Gasteiger partial charge in [0, 0.05) is 44.6 Å². The lowest BCUT2D eigenvalue weighted by atomic mass is 10.0. The normalized spacial score (nSPS) is 14.7. The van der Waals surface area contributed by atoms with Gasteiger partial charge in [-0.3, -0.25) is 4.79 Å². The van der Waals surface area contributed by atoms with Crippen LogP contribution in [0.3, 0.4) is 0 Å². The Bertz CT molecular complexity index is 1350. The minimum absolute atomic E-state index is 0.240. The standard InChI is InChI=1S/C28H33N5O2/c1-4-8-24(34)32-13-7-14-33(16-15-32)27-25-26(22-12-11-20-9-5-6-10-21(20)18-22)31-35-28(25)30-23(29-27)17-19(2)3/h5-6,9-12,18-19H,4,7-8,13-17H2,1-3H3. The van der Waals surface area contributed by atoms with Crippen LogP contribution in [0.4, 0.5) is 5.82 Å². The molecule has 0 aliphatic carbocycles. The summed E-state index contributed by atoms with van der Waals surface area (Å²) in [6.07, 6.45) is 3.15. The van der Waals surface area contributed by atoms with Gasteiger partial charge >= 0.3 is 0 Å². The molecule has 4 aromatic rings. The van der Waals surface area contributed by atoms with Gasteiger partial charge in [-0.05, 0) is 35.6 Å². The Morgan fingerprint density at radius 2 is 1.86 bits per heavy atom. The number of carbonyl (C=O) groups excluding carboxylic acids is 1. The largest absolute Gasteiger partial charge is 0.354 e. The van der Waals surface area contributed by atoms with Crippen LogP contribution in [-0.2, 0) is 11.2 Å². The lowest BCUT2D eigenvalue weighted by Gasteiger charge is -2.24. The van der Waals surface area contributed by atoms with Crippen molar-refractivity contribution in [1.29, 1.82) is 0 Å². The van der Waals surface area contributed by atoms with Gasteiger partial charge in [0.2, 0.25) is 5.91 Å². The number of aromatic nitrogens is 3. The molecule has 1 fully saturated rings. The van der Waals surface area contributed by atoms with Crippen molar-refractivity contribution in [2.45, 2.75) is 46.5 Å². The summed E-state index contributed by atoms with van der Waals surface area (Å²) in [5, 5.41) is 7.66. The zero-order valence-electron chi connectivity index (χ0n) is 20.8. The summed E-state index contributed by atoms with van der Waals surface area (Å²) in [7, 11) is 0. The third-order valence-electron chi connectivity index (χ3n) is 6.59. The number of nitrogens with zero attached hydrogens (tertiary/aromatic N) is 5. The van der Waals surface area contributed by atoms with E-state index in [0.29, 0.717) is 24.6 Å². The second-order valence-corrected chi connectivity index (χ2v) is 9.81. The number of rotatable bonds is 6. The maximum atomic E-state index is 12.5. The van der Waals surface area contributed by atoms with Crippen LogP contribution in [0, 0.1) is 5.92 Å². The Balaban J connectivity index is 1.57. The average Bonchev–Trinajstić information content (AvgIpc) is 3.11. The molecule has 0 bridgehead atoms. The number of amides is 1. The maximum absolute atomic E-state index is 12.5. The number of carbonyl (C=O) groups is 1. The molecule has 1 amide bonds. The van der Waals surface area contributed by atoms with E-state index in [1.807, 2.05) is 17.0 Å². The maximum Gasteiger partial charge on any atom is 0.263 e. The lowest BCUT2D eigenvalue weighted by Crippen LogP contribution is -2.35. The molecule has 2 aromatic carbocycles. The van der Waals surface area contributed by atoms with Gasteiger partial charge < -0.3 is 14.3 Å². The Hall–Kier alpha value is -3.48. The van der Waals surface area contributed by atoms with Crippen LogP contribution in [0.15, 0.2) is 47.0 Å². The van der Waals surface area contributed by atoms with Gasteiger partial charge in [-0.15, -0.1) is 0 Å². The fraction of sp³-hybridized carbons (Fsp3) is 0.429. The van der Waals surface area contributed by atoms with Crippen molar-refractivity contribution in [2.75, 3.05) is 31.1 Å². The predicted octanol–water partition coefficient (Wildman–Crippen LogP) is 5.48. The van der Waals surface area contributed by atoms with Crippen molar-refractivity contribution >= 4 is 33.6 Å². The first-order valence-corrected chi connectivity index (χ1v) is 12.7. The zero-order chi connectivity index (χ0) is 24.4. The molecule has 35 heavy (non-hydrogen) atoms. The molecule has 1 saturated heterocycles. The molecule has 0 spiro atoms. The highest BCUT2D eigenvalue weighted by molar-refractivity contribution is 6.00.